The molecular formula is C28H37ClN4O7. The molecule has 3 atom stereocenters. The summed E-state index contributed by atoms with van der Waals surface area (Å²) in [7, 11) is 1.53. The van der Waals surface area contributed by atoms with Crippen LogP contribution in [0.15, 0.2) is 30.9 Å². The van der Waals surface area contributed by atoms with Crippen molar-refractivity contribution >= 4 is 40.6 Å². The summed E-state index contributed by atoms with van der Waals surface area (Å²) in [5.41, 5.74) is 0.258. The summed E-state index contributed by atoms with van der Waals surface area (Å²) in [6.07, 6.45) is 3.92. The number of aromatic nitrogens is 2. The maximum Gasteiger partial charge on any atom is 0.408 e. The zero-order chi connectivity index (χ0) is 29.4. The molecular weight excluding hydrogens is 540 g/mol. The molecule has 12 heteroatoms. The summed E-state index contributed by atoms with van der Waals surface area (Å²) in [4.78, 5) is 48.3. The number of benzene rings is 1. The Labute approximate surface area is 238 Å². The lowest BCUT2D eigenvalue weighted by Gasteiger charge is -2.28. The third-order valence-electron chi connectivity index (χ3n) is 6.30. The number of halogens is 1. The Morgan fingerprint density at radius 3 is 2.62 bits per heavy atom. The molecule has 40 heavy (non-hydrogen) atoms. The largest absolute Gasteiger partial charge is 0.497 e. The number of nitrogens with zero attached hydrogens (tertiary/aromatic N) is 3. The van der Waals surface area contributed by atoms with Gasteiger partial charge in [0.15, 0.2) is 5.15 Å². The van der Waals surface area contributed by atoms with E-state index in [1.54, 1.807) is 39.0 Å². The number of amides is 2. The molecule has 1 aromatic carbocycles. The van der Waals surface area contributed by atoms with Gasteiger partial charge in [-0.2, -0.15) is 0 Å². The Morgan fingerprint density at radius 1 is 1.23 bits per heavy atom. The van der Waals surface area contributed by atoms with E-state index in [2.05, 4.69) is 21.9 Å². The fraction of sp³-hybridized carbons (Fsp3) is 0.536. The van der Waals surface area contributed by atoms with Gasteiger partial charge in [-0.3, -0.25) is 4.79 Å². The minimum absolute atomic E-state index is 0.00766. The average Bonchev–Trinajstić information content (AvgIpc) is 3.31. The predicted molar refractivity (Wildman–Crippen MR) is 150 cm³/mol. The number of hydrogen-bond donors (Lipinski definition) is 2. The van der Waals surface area contributed by atoms with Crippen LogP contribution in [0.4, 0.5) is 4.79 Å². The van der Waals surface area contributed by atoms with Crippen molar-refractivity contribution in [2.45, 2.75) is 83.1 Å². The van der Waals surface area contributed by atoms with Crippen LogP contribution in [-0.2, 0) is 14.3 Å². The third kappa shape index (κ3) is 8.45. The third-order valence-corrected chi connectivity index (χ3v) is 6.55. The molecule has 0 bridgehead atoms. The second-order valence-electron chi connectivity index (χ2n) is 10.6. The van der Waals surface area contributed by atoms with Gasteiger partial charge in [-0.15, -0.1) is 6.58 Å². The van der Waals surface area contributed by atoms with Crippen LogP contribution in [-0.4, -0.2) is 75.4 Å². The Bertz CT molecular complexity index is 1230. The first-order valence-corrected chi connectivity index (χ1v) is 13.6. The fourth-order valence-electron chi connectivity index (χ4n) is 4.44. The standard InChI is InChI=1S/C28H37ClN4O7/c1-6-7-8-9-10-11-20(32-27(37)40-28(2,3)4)25(34)33-16-18(15-22(33)26(35)36)39-24-23(29)30-19-13-12-17(38-5)14-21(19)31-24/h6,12-14,18,20,22H,1,7-11,15-16H2,2-5H3,(H,32,37)(H,35,36)/t18-,20+,22+/m1/s1. The number of aliphatic carboxylic acids is 1. The highest BCUT2D eigenvalue weighted by atomic mass is 35.5. The molecule has 2 amide bonds. The van der Waals surface area contributed by atoms with E-state index in [1.807, 2.05) is 6.08 Å². The molecule has 1 saturated heterocycles. The summed E-state index contributed by atoms with van der Waals surface area (Å²) < 4.78 is 16.6. The van der Waals surface area contributed by atoms with E-state index in [9.17, 15) is 19.5 Å². The number of nitrogens with one attached hydrogen (secondary N) is 1. The van der Waals surface area contributed by atoms with Gasteiger partial charge in [0.05, 0.1) is 24.7 Å². The van der Waals surface area contributed by atoms with Gasteiger partial charge in [-0.1, -0.05) is 30.5 Å². The molecule has 0 aliphatic carbocycles. The van der Waals surface area contributed by atoms with Crippen molar-refractivity contribution in [3.8, 4) is 11.6 Å². The van der Waals surface area contributed by atoms with E-state index in [4.69, 9.17) is 25.8 Å². The van der Waals surface area contributed by atoms with Gasteiger partial charge in [-0.05, 0) is 52.2 Å². The Balaban J connectivity index is 1.78. The van der Waals surface area contributed by atoms with Gasteiger partial charge < -0.3 is 29.5 Å². The van der Waals surface area contributed by atoms with Gasteiger partial charge in [0.1, 0.15) is 29.5 Å². The first kappa shape index (κ1) is 30.9. The van der Waals surface area contributed by atoms with Crippen molar-refractivity contribution < 1.29 is 33.7 Å². The van der Waals surface area contributed by atoms with Crippen molar-refractivity contribution in [2.75, 3.05) is 13.7 Å². The SMILES string of the molecule is C=CCCCCC[C@H](NC(=O)OC(C)(C)C)C(=O)N1C[C@H](Oc2nc3cc(OC)ccc3nc2Cl)C[C@H]1C(=O)O. The zero-order valence-electron chi connectivity index (χ0n) is 23.3. The van der Waals surface area contributed by atoms with E-state index in [-0.39, 0.29) is 24.0 Å². The number of methoxy groups -OCH3 is 1. The number of hydrogen-bond acceptors (Lipinski definition) is 8. The molecule has 3 rings (SSSR count). The van der Waals surface area contributed by atoms with E-state index in [0.717, 1.165) is 19.3 Å². The first-order chi connectivity index (χ1) is 18.9. The number of alkyl carbamates (subject to hydrolysis) is 1. The maximum absolute atomic E-state index is 13.6. The lowest BCUT2D eigenvalue weighted by Crippen LogP contribution is -2.52. The van der Waals surface area contributed by atoms with Crippen molar-refractivity contribution in [3.05, 3.63) is 36.0 Å². The molecule has 2 aromatic rings. The minimum atomic E-state index is -1.18. The number of ether oxygens (including phenoxy) is 3. The average molecular weight is 577 g/mol. The van der Waals surface area contributed by atoms with Crippen LogP contribution in [0.3, 0.4) is 0 Å². The van der Waals surface area contributed by atoms with Gasteiger partial charge >= 0.3 is 12.1 Å². The molecule has 0 unspecified atom stereocenters. The van der Waals surface area contributed by atoms with E-state index < -0.39 is 41.8 Å². The van der Waals surface area contributed by atoms with Crippen molar-refractivity contribution in [2.24, 2.45) is 0 Å². The maximum atomic E-state index is 13.6. The Kier molecular flexibility index (Phi) is 10.6. The van der Waals surface area contributed by atoms with Gasteiger partial charge in [0, 0.05) is 12.5 Å². The van der Waals surface area contributed by atoms with Gasteiger partial charge in [-0.25, -0.2) is 19.6 Å². The normalized spacial score (nSPS) is 17.8. The lowest BCUT2D eigenvalue weighted by molar-refractivity contribution is -0.149. The zero-order valence-corrected chi connectivity index (χ0v) is 24.1. The first-order valence-electron chi connectivity index (χ1n) is 13.2. The number of allylic oxidation sites excluding steroid dienone is 1. The smallest absolute Gasteiger partial charge is 0.408 e. The number of unbranched alkanes of at least 4 members (excludes halogenated alkanes) is 3. The van der Waals surface area contributed by atoms with Crippen LogP contribution in [0.25, 0.3) is 11.0 Å². The van der Waals surface area contributed by atoms with Crippen LogP contribution in [0.5, 0.6) is 11.6 Å². The van der Waals surface area contributed by atoms with Crippen LogP contribution in [0.2, 0.25) is 5.15 Å². The molecule has 2 heterocycles. The highest BCUT2D eigenvalue weighted by molar-refractivity contribution is 6.31. The minimum Gasteiger partial charge on any atom is -0.497 e. The Hall–Kier alpha value is -3.60. The number of carboxylic acids is 1. The molecule has 1 aliphatic heterocycles. The summed E-state index contributed by atoms with van der Waals surface area (Å²) in [6, 6.07) is 3.00. The van der Waals surface area contributed by atoms with Crippen LogP contribution < -0.4 is 14.8 Å². The molecule has 1 fully saturated rings. The van der Waals surface area contributed by atoms with Gasteiger partial charge in [0.25, 0.3) is 5.88 Å². The van der Waals surface area contributed by atoms with E-state index >= 15 is 0 Å². The fourth-order valence-corrected chi connectivity index (χ4v) is 4.62. The second-order valence-corrected chi connectivity index (χ2v) is 11.0. The molecule has 2 N–H and O–H groups in total. The van der Waals surface area contributed by atoms with Crippen molar-refractivity contribution in [3.63, 3.8) is 0 Å². The summed E-state index contributed by atoms with van der Waals surface area (Å²) in [5.74, 6) is -1.10. The van der Waals surface area contributed by atoms with Crippen LogP contribution in [0, 0.1) is 0 Å². The second kappa shape index (κ2) is 13.6. The summed E-state index contributed by atoms with van der Waals surface area (Å²) in [5, 5.41) is 12.6. The number of carbonyl (C=O) groups is 3. The number of carboxylic acid groups (broad SMARTS) is 1. The highest BCUT2D eigenvalue weighted by Crippen LogP contribution is 2.30. The molecule has 11 nitrogen and oxygen atoms in total. The molecule has 218 valence electrons. The number of fused-ring (bicyclic) bond motifs is 1. The van der Waals surface area contributed by atoms with Crippen LogP contribution >= 0.6 is 11.6 Å². The monoisotopic (exact) mass is 576 g/mol. The van der Waals surface area contributed by atoms with E-state index in [0.29, 0.717) is 29.6 Å². The summed E-state index contributed by atoms with van der Waals surface area (Å²) in [6.45, 7) is 8.84. The molecule has 1 aliphatic rings. The highest BCUT2D eigenvalue weighted by Gasteiger charge is 2.43. The quantitative estimate of drug-likeness (QED) is 0.270. The molecule has 0 saturated carbocycles. The topological polar surface area (TPSA) is 140 Å². The number of carbonyl (C=O) groups excluding carboxylic acids is 2. The lowest BCUT2D eigenvalue weighted by atomic mass is 10.1. The summed E-state index contributed by atoms with van der Waals surface area (Å²) >= 11 is 6.31. The van der Waals surface area contributed by atoms with Crippen molar-refractivity contribution in [1.29, 1.82) is 0 Å². The van der Waals surface area contributed by atoms with E-state index in [1.165, 1.54) is 12.0 Å². The Morgan fingerprint density at radius 2 is 1.98 bits per heavy atom. The molecule has 1 aromatic heterocycles. The van der Waals surface area contributed by atoms with Crippen molar-refractivity contribution in [1.82, 2.24) is 20.2 Å². The van der Waals surface area contributed by atoms with Gasteiger partial charge in [0.2, 0.25) is 5.91 Å². The predicted octanol–water partition coefficient (Wildman–Crippen LogP) is 4.75. The number of likely N-dealkylation sites (tertiary alicyclic amines) is 1. The number of rotatable bonds is 12. The van der Waals surface area contributed by atoms with Crippen LogP contribution in [0.1, 0.15) is 59.3 Å². The molecule has 0 radical (unpaired) electrons. The molecule has 0 spiro atoms.